The average molecular weight is 500 g/mol. The Morgan fingerprint density at radius 2 is 1.75 bits per heavy atom. The van der Waals surface area contributed by atoms with Gasteiger partial charge in [-0.3, -0.25) is 14.6 Å². The summed E-state index contributed by atoms with van der Waals surface area (Å²) in [5, 5.41) is 0.718. The van der Waals surface area contributed by atoms with Gasteiger partial charge in [0.2, 0.25) is 11.8 Å². The van der Waals surface area contributed by atoms with Crippen LogP contribution in [0.15, 0.2) is 73.1 Å². The maximum absolute atomic E-state index is 14.1. The van der Waals surface area contributed by atoms with Gasteiger partial charge in [0.1, 0.15) is 0 Å². The SMILES string of the molecule is O=C(C1CC1c1ccc(Cl)cc1)N1CCC2(CC1)Cc1ccccc1CN(Cc1cccnc1)C2=O. The second-order valence-electron chi connectivity index (χ2n) is 10.6. The lowest BCUT2D eigenvalue weighted by atomic mass is 9.72. The van der Waals surface area contributed by atoms with Gasteiger partial charge in [-0.2, -0.15) is 0 Å². The molecule has 36 heavy (non-hydrogen) atoms. The number of nitrogens with zero attached hydrogens (tertiary/aromatic N) is 3. The molecular formula is C30H30ClN3O2. The third kappa shape index (κ3) is 4.41. The molecule has 2 aliphatic heterocycles. The molecule has 2 unspecified atom stereocenters. The average Bonchev–Trinajstić information content (AvgIpc) is 3.72. The minimum atomic E-state index is -0.468. The van der Waals surface area contributed by atoms with E-state index in [2.05, 4.69) is 29.2 Å². The molecule has 5 nitrogen and oxygen atoms in total. The van der Waals surface area contributed by atoms with E-state index in [9.17, 15) is 9.59 Å². The first kappa shape index (κ1) is 23.2. The first-order valence-corrected chi connectivity index (χ1v) is 13.2. The second-order valence-corrected chi connectivity index (χ2v) is 11.0. The van der Waals surface area contributed by atoms with Crippen molar-refractivity contribution < 1.29 is 9.59 Å². The number of carbonyl (C=O) groups is 2. The second kappa shape index (κ2) is 9.36. The van der Waals surface area contributed by atoms with E-state index in [0.717, 1.165) is 23.4 Å². The van der Waals surface area contributed by atoms with Gasteiger partial charge in [-0.05, 0) is 72.1 Å². The van der Waals surface area contributed by atoms with Crippen LogP contribution in [-0.2, 0) is 29.1 Å². The summed E-state index contributed by atoms with van der Waals surface area (Å²) in [6.07, 6.45) is 6.64. The largest absolute Gasteiger partial charge is 0.342 e. The van der Waals surface area contributed by atoms with Gasteiger partial charge in [0.15, 0.2) is 0 Å². The van der Waals surface area contributed by atoms with Crippen molar-refractivity contribution in [2.45, 2.75) is 44.7 Å². The van der Waals surface area contributed by atoms with Crippen molar-refractivity contribution in [3.05, 3.63) is 100 Å². The summed E-state index contributed by atoms with van der Waals surface area (Å²) in [4.78, 5) is 35.6. The Labute approximate surface area is 217 Å². The van der Waals surface area contributed by atoms with E-state index in [1.54, 1.807) is 6.20 Å². The molecule has 3 heterocycles. The molecule has 1 aliphatic carbocycles. The van der Waals surface area contributed by atoms with Crippen molar-refractivity contribution in [3.8, 4) is 0 Å². The lowest BCUT2D eigenvalue weighted by Gasteiger charge is -2.42. The Morgan fingerprint density at radius 3 is 2.47 bits per heavy atom. The molecule has 0 N–H and O–H groups in total. The molecule has 1 spiro atoms. The van der Waals surface area contributed by atoms with E-state index < -0.39 is 5.41 Å². The topological polar surface area (TPSA) is 53.5 Å². The smallest absolute Gasteiger partial charge is 0.229 e. The zero-order valence-electron chi connectivity index (χ0n) is 20.3. The van der Waals surface area contributed by atoms with Gasteiger partial charge in [-0.15, -0.1) is 0 Å². The molecule has 184 valence electrons. The molecule has 6 heteroatoms. The van der Waals surface area contributed by atoms with Crippen LogP contribution in [-0.4, -0.2) is 39.7 Å². The molecule has 3 aromatic rings. The quantitative estimate of drug-likeness (QED) is 0.493. The summed E-state index contributed by atoms with van der Waals surface area (Å²) >= 11 is 6.03. The molecule has 2 amide bonds. The minimum absolute atomic E-state index is 0.0489. The van der Waals surface area contributed by atoms with Crippen LogP contribution < -0.4 is 0 Å². The molecule has 1 saturated carbocycles. The van der Waals surface area contributed by atoms with E-state index in [1.165, 1.54) is 16.7 Å². The molecule has 3 aliphatic rings. The van der Waals surface area contributed by atoms with Gasteiger partial charge in [-0.1, -0.05) is 54.1 Å². The third-order valence-corrected chi connectivity index (χ3v) is 8.54. The molecule has 2 fully saturated rings. The first-order chi connectivity index (χ1) is 17.5. The van der Waals surface area contributed by atoms with Crippen molar-refractivity contribution in [3.63, 3.8) is 0 Å². The summed E-state index contributed by atoms with van der Waals surface area (Å²) in [7, 11) is 0. The number of amides is 2. The lowest BCUT2D eigenvalue weighted by molar-refractivity contribution is -0.149. The zero-order chi connectivity index (χ0) is 24.7. The normalized spacial score (nSPS) is 22.8. The van der Waals surface area contributed by atoms with Crippen LogP contribution in [0.25, 0.3) is 0 Å². The molecule has 0 radical (unpaired) electrons. The predicted octanol–water partition coefficient (Wildman–Crippen LogP) is 5.23. The van der Waals surface area contributed by atoms with Gasteiger partial charge >= 0.3 is 0 Å². The van der Waals surface area contributed by atoms with Crippen LogP contribution in [0.4, 0.5) is 0 Å². The molecule has 6 rings (SSSR count). The zero-order valence-corrected chi connectivity index (χ0v) is 21.0. The van der Waals surface area contributed by atoms with E-state index >= 15 is 0 Å². The first-order valence-electron chi connectivity index (χ1n) is 12.8. The van der Waals surface area contributed by atoms with E-state index in [-0.39, 0.29) is 23.7 Å². The van der Waals surface area contributed by atoms with Gasteiger partial charge in [0.25, 0.3) is 0 Å². The maximum atomic E-state index is 14.1. The van der Waals surface area contributed by atoms with Gasteiger partial charge in [0.05, 0.1) is 5.41 Å². The number of rotatable bonds is 4. The summed E-state index contributed by atoms with van der Waals surface area (Å²) in [6.45, 7) is 2.43. The molecule has 2 aromatic carbocycles. The highest BCUT2D eigenvalue weighted by atomic mass is 35.5. The Hall–Kier alpha value is -3.18. The number of hydrogen-bond donors (Lipinski definition) is 0. The van der Waals surface area contributed by atoms with Crippen molar-refractivity contribution in [1.29, 1.82) is 0 Å². The summed E-state index contributed by atoms with van der Waals surface area (Å²) in [6, 6.07) is 20.2. The number of pyridine rings is 1. The fourth-order valence-electron chi connectivity index (χ4n) is 6.10. The fourth-order valence-corrected chi connectivity index (χ4v) is 6.23. The van der Waals surface area contributed by atoms with E-state index in [0.29, 0.717) is 39.0 Å². The Kier molecular flexibility index (Phi) is 6.04. The third-order valence-electron chi connectivity index (χ3n) is 8.28. The Bertz CT molecular complexity index is 1270. The van der Waals surface area contributed by atoms with Crippen molar-refractivity contribution in [2.24, 2.45) is 11.3 Å². The molecule has 1 aromatic heterocycles. The van der Waals surface area contributed by atoms with E-state index in [4.69, 9.17) is 11.6 Å². The number of aromatic nitrogens is 1. The van der Waals surface area contributed by atoms with Gasteiger partial charge in [0, 0.05) is 49.5 Å². The van der Waals surface area contributed by atoms with Crippen LogP contribution in [0.2, 0.25) is 5.02 Å². The number of halogens is 1. The maximum Gasteiger partial charge on any atom is 0.229 e. The highest BCUT2D eigenvalue weighted by Gasteiger charge is 2.50. The van der Waals surface area contributed by atoms with Gasteiger partial charge < -0.3 is 9.80 Å². The van der Waals surface area contributed by atoms with E-state index in [1.807, 2.05) is 52.4 Å². The van der Waals surface area contributed by atoms with Gasteiger partial charge in [-0.25, -0.2) is 0 Å². The minimum Gasteiger partial charge on any atom is -0.342 e. The van der Waals surface area contributed by atoms with Crippen LogP contribution >= 0.6 is 11.6 Å². The van der Waals surface area contributed by atoms with Crippen molar-refractivity contribution in [1.82, 2.24) is 14.8 Å². The lowest BCUT2D eigenvalue weighted by Crippen LogP contribution is -2.51. The number of fused-ring (bicyclic) bond motifs is 1. The molecule has 1 saturated heterocycles. The molecular weight excluding hydrogens is 470 g/mol. The summed E-state index contributed by atoms with van der Waals surface area (Å²) in [5.74, 6) is 0.776. The van der Waals surface area contributed by atoms with Crippen molar-refractivity contribution >= 4 is 23.4 Å². The fraction of sp³-hybridized carbons (Fsp3) is 0.367. The summed E-state index contributed by atoms with van der Waals surface area (Å²) in [5.41, 5.74) is 4.23. The van der Waals surface area contributed by atoms with Crippen LogP contribution in [0, 0.1) is 11.3 Å². The Morgan fingerprint density at radius 1 is 1.00 bits per heavy atom. The predicted molar refractivity (Wildman–Crippen MR) is 139 cm³/mol. The highest BCUT2D eigenvalue weighted by molar-refractivity contribution is 6.30. The number of benzene rings is 2. The number of hydrogen-bond acceptors (Lipinski definition) is 3. The Balaban J connectivity index is 1.18. The van der Waals surface area contributed by atoms with Crippen LogP contribution in [0.5, 0.6) is 0 Å². The highest BCUT2D eigenvalue weighted by Crippen LogP contribution is 2.49. The van der Waals surface area contributed by atoms with Crippen LogP contribution in [0.1, 0.15) is 47.4 Å². The number of likely N-dealkylation sites (tertiary alicyclic amines) is 1. The standard InChI is InChI=1S/C30H30ClN3O2/c31-25-9-7-22(8-10-25)26-16-27(26)28(35)33-14-11-30(12-15-33)17-23-5-1-2-6-24(23)20-34(29(30)36)19-21-4-3-13-32-18-21/h1-10,13,18,26-27H,11-12,14-17,19-20H2. The monoisotopic (exact) mass is 499 g/mol. The summed E-state index contributed by atoms with van der Waals surface area (Å²) < 4.78 is 0. The number of piperidine rings is 1. The molecule has 2 atom stereocenters. The molecule has 0 bridgehead atoms. The van der Waals surface area contributed by atoms with Crippen molar-refractivity contribution in [2.75, 3.05) is 13.1 Å². The number of carbonyl (C=O) groups excluding carboxylic acids is 2. The van der Waals surface area contributed by atoms with Crippen LogP contribution in [0.3, 0.4) is 0 Å².